The maximum absolute atomic E-state index is 12.1. The van der Waals surface area contributed by atoms with E-state index in [0.29, 0.717) is 12.3 Å². The van der Waals surface area contributed by atoms with Crippen LogP contribution in [0.5, 0.6) is 0 Å². The first-order valence-corrected chi connectivity index (χ1v) is 8.10. The summed E-state index contributed by atoms with van der Waals surface area (Å²) in [4.78, 5) is 14.2. The van der Waals surface area contributed by atoms with Gasteiger partial charge in [0.25, 0.3) is 0 Å². The number of amides is 1. The van der Waals surface area contributed by atoms with Crippen LogP contribution in [-0.2, 0) is 4.79 Å². The molecule has 0 aromatic carbocycles. The van der Waals surface area contributed by atoms with Gasteiger partial charge in [-0.25, -0.2) is 0 Å². The number of nitrogens with two attached hydrogens (primary N) is 1. The molecule has 2 atom stereocenters. The Morgan fingerprint density at radius 2 is 2.17 bits per heavy atom. The molecule has 5 heteroatoms. The summed E-state index contributed by atoms with van der Waals surface area (Å²) in [5, 5.41) is 0. The number of halogens is 1. The predicted molar refractivity (Wildman–Crippen MR) is 82.5 cm³/mol. The molecule has 0 aliphatic carbocycles. The Morgan fingerprint density at radius 1 is 1.44 bits per heavy atom. The van der Waals surface area contributed by atoms with Gasteiger partial charge in [-0.05, 0) is 51.0 Å². The summed E-state index contributed by atoms with van der Waals surface area (Å²) in [6.07, 6.45) is 8.39. The van der Waals surface area contributed by atoms with Crippen LogP contribution in [0.4, 0.5) is 0 Å². The second-order valence-corrected chi connectivity index (χ2v) is 5.94. The van der Waals surface area contributed by atoms with Crippen molar-refractivity contribution in [2.24, 2.45) is 5.73 Å². The molecule has 1 amide bonds. The second-order valence-electron chi connectivity index (χ2n) is 4.96. The van der Waals surface area contributed by atoms with Gasteiger partial charge in [0, 0.05) is 25.0 Å². The van der Waals surface area contributed by atoms with Gasteiger partial charge in [0.1, 0.15) is 0 Å². The zero-order chi connectivity index (χ0) is 12.7. The van der Waals surface area contributed by atoms with Crippen molar-refractivity contribution in [2.45, 2.75) is 57.5 Å². The van der Waals surface area contributed by atoms with Crippen LogP contribution >= 0.6 is 24.2 Å². The molecule has 0 saturated carbocycles. The molecule has 0 aromatic rings. The molecule has 1 rings (SSSR count). The van der Waals surface area contributed by atoms with Crippen LogP contribution in [0.25, 0.3) is 0 Å². The fourth-order valence-corrected chi connectivity index (χ4v) is 2.97. The van der Waals surface area contributed by atoms with Crippen molar-refractivity contribution in [3.63, 3.8) is 0 Å². The number of carbonyl (C=O) groups excluding carboxylic acids is 1. The first kappa shape index (κ1) is 18.1. The molecule has 1 aliphatic heterocycles. The molecule has 1 fully saturated rings. The lowest BCUT2D eigenvalue weighted by Gasteiger charge is -2.38. The van der Waals surface area contributed by atoms with Crippen molar-refractivity contribution in [1.82, 2.24) is 4.90 Å². The zero-order valence-corrected chi connectivity index (χ0v) is 13.2. The maximum atomic E-state index is 12.1. The Labute approximate surface area is 122 Å². The van der Waals surface area contributed by atoms with Crippen molar-refractivity contribution >= 4 is 30.1 Å². The summed E-state index contributed by atoms with van der Waals surface area (Å²) >= 11 is 1.85. The smallest absolute Gasteiger partial charge is 0.222 e. The topological polar surface area (TPSA) is 46.3 Å². The van der Waals surface area contributed by atoms with Crippen LogP contribution in [0.2, 0.25) is 0 Å². The average Bonchev–Trinajstić information content (AvgIpc) is 2.34. The third-order valence-electron chi connectivity index (χ3n) is 3.47. The highest BCUT2D eigenvalue weighted by Gasteiger charge is 2.28. The summed E-state index contributed by atoms with van der Waals surface area (Å²) in [6.45, 7) is 2.93. The molecule has 0 bridgehead atoms. The molecule has 1 aliphatic rings. The van der Waals surface area contributed by atoms with Crippen LogP contribution in [0.1, 0.15) is 45.4 Å². The van der Waals surface area contributed by atoms with Crippen LogP contribution in [0, 0.1) is 0 Å². The standard InChI is InChI=1S/C13H26N2OS.ClH/c1-11(14)12-7-3-5-9-15(12)13(16)8-4-6-10-17-2;/h11-12H,3-10,14H2,1-2H3;1H. The highest BCUT2D eigenvalue weighted by atomic mass is 35.5. The summed E-state index contributed by atoms with van der Waals surface area (Å²) in [5.74, 6) is 1.47. The molecule has 2 N–H and O–H groups in total. The summed E-state index contributed by atoms with van der Waals surface area (Å²) in [5.41, 5.74) is 5.97. The van der Waals surface area contributed by atoms with Crippen LogP contribution in [0.15, 0.2) is 0 Å². The van der Waals surface area contributed by atoms with Crippen LogP contribution in [-0.4, -0.2) is 41.4 Å². The minimum atomic E-state index is 0. The number of hydrogen-bond donors (Lipinski definition) is 1. The van der Waals surface area contributed by atoms with Gasteiger partial charge < -0.3 is 10.6 Å². The lowest BCUT2D eigenvalue weighted by molar-refractivity contribution is -0.135. The van der Waals surface area contributed by atoms with Gasteiger partial charge in [0.15, 0.2) is 0 Å². The first-order valence-electron chi connectivity index (χ1n) is 6.70. The van der Waals surface area contributed by atoms with Gasteiger partial charge in [0.05, 0.1) is 0 Å². The molecule has 18 heavy (non-hydrogen) atoms. The number of carbonyl (C=O) groups is 1. The molecule has 1 saturated heterocycles. The van der Waals surface area contributed by atoms with Crippen LogP contribution < -0.4 is 5.73 Å². The molecule has 0 aromatic heterocycles. The van der Waals surface area contributed by atoms with Gasteiger partial charge in [-0.1, -0.05) is 0 Å². The Hall–Kier alpha value is 0.0700. The van der Waals surface area contributed by atoms with E-state index in [1.165, 1.54) is 6.42 Å². The highest BCUT2D eigenvalue weighted by molar-refractivity contribution is 7.98. The predicted octanol–water partition coefficient (Wildman–Crippen LogP) is 2.67. The van der Waals surface area contributed by atoms with Crippen molar-refractivity contribution in [1.29, 1.82) is 0 Å². The van der Waals surface area contributed by atoms with E-state index in [1.54, 1.807) is 0 Å². The van der Waals surface area contributed by atoms with Gasteiger partial charge in [-0.2, -0.15) is 11.8 Å². The highest BCUT2D eigenvalue weighted by Crippen LogP contribution is 2.20. The molecule has 3 nitrogen and oxygen atoms in total. The minimum absolute atomic E-state index is 0. The quantitative estimate of drug-likeness (QED) is 0.766. The van der Waals surface area contributed by atoms with E-state index in [2.05, 4.69) is 6.26 Å². The maximum Gasteiger partial charge on any atom is 0.222 e. The van der Waals surface area contributed by atoms with E-state index in [1.807, 2.05) is 23.6 Å². The third-order valence-corrected chi connectivity index (χ3v) is 4.16. The zero-order valence-electron chi connectivity index (χ0n) is 11.6. The average molecular weight is 295 g/mol. The molecule has 0 radical (unpaired) electrons. The minimum Gasteiger partial charge on any atom is -0.338 e. The molecule has 1 heterocycles. The number of thioether (sulfide) groups is 1. The third kappa shape index (κ3) is 5.81. The van der Waals surface area contributed by atoms with E-state index in [-0.39, 0.29) is 24.5 Å². The van der Waals surface area contributed by atoms with Crippen molar-refractivity contribution in [2.75, 3.05) is 18.6 Å². The lowest BCUT2D eigenvalue weighted by atomic mass is 9.96. The van der Waals surface area contributed by atoms with Crippen molar-refractivity contribution in [3.8, 4) is 0 Å². The first-order chi connectivity index (χ1) is 8.16. The number of nitrogens with zero attached hydrogens (tertiary/aromatic N) is 1. The fraction of sp³-hybridized carbons (Fsp3) is 0.923. The molecular formula is C13H27ClN2OS. The molecule has 2 unspecified atom stereocenters. The monoisotopic (exact) mass is 294 g/mol. The Morgan fingerprint density at radius 3 is 2.78 bits per heavy atom. The van der Waals surface area contributed by atoms with E-state index in [9.17, 15) is 4.79 Å². The van der Waals surface area contributed by atoms with Crippen molar-refractivity contribution in [3.05, 3.63) is 0 Å². The number of unbranched alkanes of at least 4 members (excludes halogenated alkanes) is 1. The van der Waals surface area contributed by atoms with Crippen molar-refractivity contribution < 1.29 is 4.79 Å². The summed E-state index contributed by atoms with van der Waals surface area (Å²) < 4.78 is 0. The normalized spacial score (nSPS) is 21.3. The van der Waals surface area contributed by atoms with Gasteiger partial charge in [-0.3, -0.25) is 4.79 Å². The van der Waals surface area contributed by atoms with Gasteiger partial charge in [-0.15, -0.1) is 12.4 Å². The number of rotatable bonds is 6. The number of likely N-dealkylation sites (tertiary alicyclic amines) is 1. The summed E-state index contributed by atoms with van der Waals surface area (Å²) in [6, 6.07) is 0.377. The van der Waals surface area contributed by atoms with Gasteiger partial charge >= 0.3 is 0 Å². The molecule has 0 spiro atoms. The van der Waals surface area contributed by atoms with E-state index < -0.39 is 0 Å². The Kier molecular flexibility index (Phi) is 9.97. The van der Waals surface area contributed by atoms with E-state index in [0.717, 1.165) is 38.0 Å². The molecular weight excluding hydrogens is 268 g/mol. The number of piperidine rings is 1. The largest absolute Gasteiger partial charge is 0.338 e. The van der Waals surface area contributed by atoms with E-state index >= 15 is 0 Å². The number of hydrogen-bond acceptors (Lipinski definition) is 3. The lowest BCUT2D eigenvalue weighted by Crippen LogP contribution is -2.51. The van der Waals surface area contributed by atoms with E-state index in [4.69, 9.17) is 5.73 Å². The fourth-order valence-electron chi connectivity index (χ4n) is 2.48. The Bertz CT molecular complexity index is 239. The summed E-state index contributed by atoms with van der Waals surface area (Å²) in [7, 11) is 0. The Balaban J connectivity index is 0.00000289. The van der Waals surface area contributed by atoms with Gasteiger partial charge in [0.2, 0.25) is 5.91 Å². The second kappa shape index (κ2) is 9.93. The molecule has 108 valence electrons. The van der Waals surface area contributed by atoms with Crippen LogP contribution in [0.3, 0.4) is 0 Å². The SMILES string of the molecule is CSCCCCC(=O)N1CCCCC1C(C)N.Cl.